The standard InChI is InChI=1S/C22H25FN2O2/c1-16(2)20(17-6-4-3-5-7-17)22(27)25-14-12-24(13-15-25)21(26)18-8-10-19(23)11-9-18/h3-11,16,20H,12-15H2,1-2H3. The van der Waals surface area contributed by atoms with Crippen molar-refractivity contribution >= 4 is 11.8 Å². The number of benzene rings is 2. The molecule has 0 spiro atoms. The minimum atomic E-state index is -0.359. The highest BCUT2D eigenvalue weighted by Gasteiger charge is 2.31. The number of halogens is 1. The summed E-state index contributed by atoms with van der Waals surface area (Å²) < 4.78 is 13.0. The Hall–Kier alpha value is -2.69. The van der Waals surface area contributed by atoms with E-state index in [2.05, 4.69) is 13.8 Å². The number of carbonyl (C=O) groups excluding carboxylic acids is 2. The zero-order chi connectivity index (χ0) is 19.4. The summed E-state index contributed by atoms with van der Waals surface area (Å²) in [5, 5.41) is 0. The van der Waals surface area contributed by atoms with Crippen LogP contribution in [0.3, 0.4) is 0 Å². The fourth-order valence-corrected chi connectivity index (χ4v) is 3.57. The number of carbonyl (C=O) groups is 2. The first-order valence-electron chi connectivity index (χ1n) is 9.36. The molecule has 27 heavy (non-hydrogen) atoms. The van der Waals surface area contributed by atoms with Crippen LogP contribution in [0.2, 0.25) is 0 Å². The van der Waals surface area contributed by atoms with Gasteiger partial charge >= 0.3 is 0 Å². The Bertz CT molecular complexity index is 782. The predicted molar refractivity (Wildman–Crippen MR) is 103 cm³/mol. The van der Waals surface area contributed by atoms with Gasteiger partial charge in [-0.3, -0.25) is 9.59 Å². The lowest BCUT2D eigenvalue weighted by Crippen LogP contribution is -2.52. The van der Waals surface area contributed by atoms with E-state index in [9.17, 15) is 14.0 Å². The lowest BCUT2D eigenvalue weighted by molar-refractivity contribution is -0.135. The summed E-state index contributed by atoms with van der Waals surface area (Å²) in [5.41, 5.74) is 1.50. The molecule has 0 N–H and O–H groups in total. The van der Waals surface area contributed by atoms with Gasteiger partial charge < -0.3 is 9.80 Å². The van der Waals surface area contributed by atoms with Crippen LogP contribution in [0.25, 0.3) is 0 Å². The van der Waals surface area contributed by atoms with Crippen molar-refractivity contribution in [2.75, 3.05) is 26.2 Å². The quantitative estimate of drug-likeness (QED) is 0.828. The first-order valence-corrected chi connectivity index (χ1v) is 9.36. The summed E-state index contributed by atoms with van der Waals surface area (Å²) in [4.78, 5) is 29.2. The van der Waals surface area contributed by atoms with Crippen LogP contribution in [0.4, 0.5) is 4.39 Å². The van der Waals surface area contributed by atoms with E-state index in [0.717, 1.165) is 5.56 Å². The van der Waals surface area contributed by atoms with Crippen molar-refractivity contribution in [2.24, 2.45) is 5.92 Å². The number of rotatable bonds is 4. The fourth-order valence-electron chi connectivity index (χ4n) is 3.57. The monoisotopic (exact) mass is 368 g/mol. The van der Waals surface area contributed by atoms with Gasteiger partial charge in [-0.25, -0.2) is 4.39 Å². The molecule has 0 aromatic heterocycles. The van der Waals surface area contributed by atoms with Gasteiger partial charge in [-0.05, 0) is 35.7 Å². The molecule has 2 aromatic carbocycles. The van der Waals surface area contributed by atoms with Crippen LogP contribution in [-0.2, 0) is 4.79 Å². The molecule has 0 aliphatic carbocycles. The molecular weight excluding hydrogens is 343 g/mol. The van der Waals surface area contributed by atoms with Crippen LogP contribution in [0, 0.1) is 11.7 Å². The lowest BCUT2D eigenvalue weighted by atomic mass is 9.87. The van der Waals surface area contributed by atoms with E-state index in [4.69, 9.17) is 0 Å². The van der Waals surface area contributed by atoms with Crippen LogP contribution in [-0.4, -0.2) is 47.8 Å². The van der Waals surface area contributed by atoms with E-state index in [1.807, 2.05) is 35.2 Å². The van der Waals surface area contributed by atoms with E-state index < -0.39 is 0 Å². The normalized spacial score (nSPS) is 15.7. The molecule has 142 valence electrons. The molecule has 1 aliphatic rings. The van der Waals surface area contributed by atoms with Crippen molar-refractivity contribution in [3.8, 4) is 0 Å². The zero-order valence-electron chi connectivity index (χ0n) is 15.8. The first kappa shape index (κ1) is 19.1. The van der Waals surface area contributed by atoms with Crippen molar-refractivity contribution in [3.63, 3.8) is 0 Å². The average Bonchev–Trinajstić information content (AvgIpc) is 2.69. The lowest BCUT2D eigenvalue weighted by Gasteiger charge is -2.37. The smallest absolute Gasteiger partial charge is 0.253 e. The number of hydrogen-bond donors (Lipinski definition) is 0. The number of amides is 2. The molecule has 1 aliphatic heterocycles. The Kier molecular flexibility index (Phi) is 5.89. The predicted octanol–water partition coefficient (Wildman–Crippen LogP) is 3.55. The van der Waals surface area contributed by atoms with Crippen LogP contribution in [0.5, 0.6) is 0 Å². The molecule has 5 heteroatoms. The molecule has 2 aromatic rings. The molecule has 1 unspecified atom stereocenters. The van der Waals surface area contributed by atoms with Crippen molar-refractivity contribution in [2.45, 2.75) is 19.8 Å². The van der Waals surface area contributed by atoms with Gasteiger partial charge in [0, 0.05) is 31.7 Å². The van der Waals surface area contributed by atoms with Gasteiger partial charge in [0.15, 0.2) is 0 Å². The molecule has 1 atom stereocenters. The fraction of sp³-hybridized carbons (Fsp3) is 0.364. The van der Waals surface area contributed by atoms with E-state index in [1.165, 1.54) is 24.3 Å². The van der Waals surface area contributed by atoms with Gasteiger partial charge in [0.05, 0.1) is 5.92 Å². The molecule has 0 bridgehead atoms. The minimum Gasteiger partial charge on any atom is -0.339 e. The first-order chi connectivity index (χ1) is 13.0. The molecule has 0 radical (unpaired) electrons. The third-order valence-electron chi connectivity index (χ3n) is 5.06. The second-order valence-corrected chi connectivity index (χ2v) is 7.26. The minimum absolute atomic E-state index is 0.116. The summed E-state index contributed by atoms with van der Waals surface area (Å²) in [5.74, 6) is -0.345. The van der Waals surface area contributed by atoms with E-state index in [1.54, 1.807) is 4.90 Å². The summed E-state index contributed by atoms with van der Waals surface area (Å²) in [6, 6.07) is 15.4. The molecule has 1 saturated heterocycles. The van der Waals surface area contributed by atoms with Gasteiger partial charge in [-0.2, -0.15) is 0 Å². The van der Waals surface area contributed by atoms with Crippen LogP contribution < -0.4 is 0 Å². The van der Waals surface area contributed by atoms with Gasteiger partial charge in [0.1, 0.15) is 5.82 Å². The van der Waals surface area contributed by atoms with Crippen LogP contribution in [0.15, 0.2) is 54.6 Å². The number of hydrogen-bond acceptors (Lipinski definition) is 2. The topological polar surface area (TPSA) is 40.6 Å². The van der Waals surface area contributed by atoms with Gasteiger partial charge in [0.2, 0.25) is 5.91 Å². The second kappa shape index (κ2) is 8.33. The Balaban J connectivity index is 1.65. The maximum atomic E-state index is 13.1. The maximum absolute atomic E-state index is 13.1. The molecule has 3 rings (SSSR count). The van der Waals surface area contributed by atoms with Crippen molar-refractivity contribution in [3.05, 3.63) is 71.5 Å². The Morgan fingerprint density at radius 1 is 0.852 bits per heavy atom. The number of nitrogens with zero attached hydrogens (tertiary/aromatic N) is 2. The van der Waals surface area contributed by atoms with E-state index >= 15 is 0 Å². The third kappa shape index (κ3) is 4.35. The largest absolute Gasteiger partial charge is 0.339 e. The van der Waals surface area contributed by atoms with Crippen LogP contribution >= 0.6 is 0 Å². The Morgan fingerprint density at radius 2 is 1.41 bits per heavy atom. The Labute approximate surface area is 159 Å². The van der Waals surface area contributed by atoms with Gasteiger partial charge in [-0.15, -0.1) is 0 Å². The van der Waals surface area contributed by atoms with E-state index in [-0.39, 0.29) is 29.5 Å². The molecule has 1 heterocycles. The molecule has 4 nitrogen and oxygen atoms in total. The molecule has 2 amide bonds. The number of piperazine rings is 1. The van der Waals surface area contributed by atoms with Crippen molar-refractivity contribution in [1.82, 2.24) is 9.80 Å². The van der Waals surface area contributed by atoms with Gasteiger partial charge in [-0.1, -0.05) is 44.2 Å². The highest BCUT2D eigenvalue weighted by molar-refractivity contribution is 5.94. The zero-order valence-corrected chi connectivity index (χ0v) is 15.8. The average molecular weight is 368 g/mol. The van der Waals surface area contributed by atoms with E-state index in [0.29, 0.717) is 31.7 Å². The van der Waals surface area contributed by atoms with Crippen molar-refractivity contribution in [1.29, 1.82) is 0 Å². The van der Waals surface area contributed by atoms with Crippen LogP contribution in [0.1, 0.15) is 35.7 Å². The van der Waals surface area contributed by atoms with Crippen molar-refractivity contribution < 1.29 is 14.0 Å². The second-order valence-electron chi connectivity index (χ2n) is 7.26. The summed E-state index contributed by atoms with van der Waals surface area (Å²) >= 11 is 0. The maximum Gasteiger partial charge on any atom is 0.253 e. The molecule has 0 saturated carbocycles. The molecule has 1 fully saturated rings. The SMILES string of the molecule is CC(C)C(C(=O)N1CCN(C(=O)c2ccc(F)cc2)CC1)c1ccccc1. The summed E-state index contributed by atoms with van der Waals surface area (Å²) in [6.45, 7) is 6.13. The molecular formula is C22H25FN2O2. The highest BCUT2D eigenvalue weighted by Crippen LogP contribution is 2.27. The Morgan fingerprint density at radius 3 is 1.96 bits per heavy atom. The third-order valence-corrected chi connectivity index (χ3v) is 5.06. The summed E-state index contributed by atoms with van der Waals surface area (Å²) in [6.07, 6.45) is 0. The summed E-state index contributed by atoms with van der Waals surface area (Å²) in [7, 11) is 0. The van der Waals surface area contributed by atoms with Gasteiger partial charge in [0.25, 0.3) is 5.91 Å². The highest BCUT2D eigenvalue weighted by atomic mass is 19.1.